The highest BCUT2D eigenvalue weighted by atomic mass is 32.1. The SMILES string of the molecule is O=C(/C=C/c1ccc(-c2ccccc2)s1)NCC(=O)N1CCCC1. The Morgan fingerprint density at radius 3 is 2.58 bits per heavy atom. The third kappa shape index (κ3) is 4.32. The van der Waals surface area contributed by atoms with E-state index in [1.165, 1.54) is 16.5 Å². The summed E-state index contributed by atoms with van der Waals surface area (Å²) in [4.78, 5) is 27.7. The molecule has 24 heavy (non-hydrogen) atoms. The molecule has 0 radical (unpaired) electrons. The topological polar surface area (TPSA) is 49.4 Å². The maximum atomic E-state index is 11.9. The first-order valence-corrected chi connectivity index (χ1v) is 8.93. The molecule has 1 aromatic carbocycles. The van der Waals surface area contributed by atoms with Gasteiger partial charge in [-0.05, 0) is 36.6 Å². The number of nitrogens with zero attached hydrogens (tertiary/aromatic N) is 1. The minimum atomic E-state index is -0.239. The molecule has 2 heterocycles. The lowest BCUT2D eigenvalue weighted by Crippen LogP contribution is -2.38. The van der Waals surface area contributed by atoms with Gasteiger partial charge >= 0.3 is 0 Å². The third-order valence-corrected chi connectivity index (χ3v) is 5.06. The Morgan fingerprint density at radius 1 is 1.08 bits per heavy atom. The predicted molar refractivity (Wildman–Crippen MR) is 97.6 cm³/mol. The van der Waals surface area contributed by atoms with Gasteiger partial charge in [-0.15, -0.1) is 11.3 Å². The molecule has 1 aliphatic heterocycles. The number of hydrogen-bond donors (Lipinski definition) is 1. The summed E-state index contributed by atoms with van der Waals surface area (Å²) in [6.07, 6.45) is 5.38. The molecule has 1 N–H and O–H groups in total. The van der Waals surface area contributed by atoms with Crippen LogP contribution < -0.4 is 5.32 Å². The highest BCUT2D eigenvalue weighted by Gasteiger charge is 2.17. The smallest absolute Gasteiger partial charge is 0.244 e. The van der Waals surface area contributed by atoms with Gasteiger partial charge in [0.2, 0.25) is 11.8 Å². The number of benzene rings is 1. The van der Waals surface area contributed by atoms with Crippen LogP contribution >= 0.6 is 11.3 Å². The van der Waals surface area contributed by atoms with Gasteiger partial charge in [-0.1, -0.05) is 30.3 Å². The van der Waals surface area contributed by atoms with E-state index in [1.807, 2.05) is 24.3 Å². The van der Waals surface area contributed by atoms with Gasteiger partial charge in [-0.3, -0.25) is 9.59 Å². The summed E-state index contributed by atoms with van der Waals surface area (Å²) in [5.41, 5.74) is 1.17. The number of thiophene rings is 1. The highest BCUT2D eigenvalue weighted by Crippen LogP contribution is 2.28. The van der Waals surface area contributed by atoms with Crippen LogP contribution in [0.25, 0.3) is 16.5 Å². The quantitative estimate of drug-likeness (QED) is 0.850. The van der Waals surface area contributed by atoms with Crippen LogP contribution in [-0.2, 0) is 9.59 Å². The Balaban J connectivity index is 1.51. The number of amides is 2. The molecule has 0 bridgehead atoms. The van der Waals surface area contributed by atoms with Crippen LogP contribution in [0.15, 0.2) is 48.5 Å². The van der Waals surface area contributed by atoms with Crippen LogP contribution in [0.4, 0.5) is 0 Å². The van der Waals surface area contributed by atoms with Gasteiger partial charge in [-0.2, -0.15) is 0 Å². The maximum Gasteiger partial charge on any atom is 0.244 e. The summed E-state index contributed by atoms with van der Waals surface area (Å²) in [7, 11) is 0. The maximum absolute atomic E-state index is 11.9. The Labute approximate surface area is 145 Å². The molecule has 0 saturated carbocycles. The van der Waals surface area contributed by atoms with Crippen molar-refractivity contribution in [1.82, 2.24) is 10.2 Å². The second kappa shape index (κ2) is 7.93. The van der Waals surface area contributed by atoms with E-state index in [-0.39, 0.29) is 18.4 Å². The molecule has 1 saturated heterocycles. The summed E-state index contributed by atoms with van der Waals surface area (Å²) in [6.45, 7) is 1.69. The number of rotatable bonds is 5. The second-order valence-corrected chi connectivity index (χ2v) is 6.82. The number of hydrogen-bond acceptors (Lipinski definition) is 3. The zero-order chi connectivity index (χ0) is 16.8. The van der Waals surface area contributed by atoms with Crippen LogP contribution in [0.3, 0.4) is 0 Å². The molecule has 1 aromatic heterocycles. The number of carbonyl (C=O) groups excluding carboxylic acids is 2. The summed E-state index contributed by atoms with van der Waals surface area (Å²) in [5.74, 6) is -0.242. The highest BCUT2D eigenvalue weighted by molar-refractivity contribution is 7.16. The lowest BCUT2D eigenvalue weighted by molar-refractivity contribution is -0.131. The van der Waals surface area contributed by atoms with Crippen molar-refractivity contribution in [2.45, 2.75) is 12.8 Å². The van der Waals surface area contributed by atoms with Crippen molar-refractivity contribution in [2.24, 2.45) is 0 Å². The summed E-state index contributed by atoms with van der Waals surface area (Å²) >= 11 is 1.63. The molecule has 4 nitrogen and oxygen atoms in total. The van der Waals surface area contributed by atoms with Gasteiger partial charge in [0.25, 0.3) is 0 Å². The van der Waals surface area contributed by atoms with Crippen molar-refractivity contribution in [2.75, 3.05) is 19.6 Å². The number of likely N-dealkylation sites (tertiary alicyclic amines) is 1. The minimum Gasteiger partial charge on any atom is -0.343 e. The Morgan fingerprint density at radius 2 is 1.83 bits per heavy atom. The van der Waals surface area contributed by atoms with Crippen LogP contribution in [0.1, 0.15) is 17.7 Å². The van der Waals surface area contributed by atoms with Crippen molar-refractivity contribution in [3.63, 3.8) is 0 Å². The van der Waals surface area contributed by atoms with E-state index in [2.05, 4.69) is 23.5 Å². The molecule has 124 valence electrons. The average Bonchev–Trinajstić information content (AvgIpc) is 3.30. The zero-order valence-electron chi connectivity index (χ0n) is 13.4. The molecule has 3 rings (SSSR count). The monoisotopic (exact) mass is 340 g/mol. The predicted octanol–water partition coefficient (Wildman–Crippen LogP) is 3.17. The fourth-order valence-corrected chi connectivity index (χ4v) is 3.57. The first-order chi connectivity index (χ1) is 11.7. The minimum absolute atomic E-state index is 0.00302. The van der Waals surface area contributed by atoms with E-state index in [9.17, 15) is 9.59 Å². The fraction of sp³-hybridized carbons (Fsp3) is 0.263. The molecule has 2 amide bonds. The van der Waals surface area contributed by atoms with E-state index in [1.54, 1.807) is 22.3 Å². The van der Waals surface area contributed by atoms with Gasteiger partial charge in [0.05, 0.1) is 6.54 Å². The van der Waals surface area contributed by atoms with Crippen molar-refractivity contribution in [3.8, 4) is 10.4 Å². The van der Waals surface area contributed by atoms with E-state index in [0.29, 0.717) is 0 Å². The molecule has 1 aliphatic rings. The summed E-state index contributed by atoms with van der Waals surface area (Å²) < 4.78 is 0. The number of nitrogens with one attached hydrogen (secondary N) is 1. The van der Waals surface area contributed by atoms with Crippen LogP contribution in [-0.4, -0.2) is 36.3 Å². The molecule has 0 spiro atoms. The molecule has 5 heteroatoms. The Hall–Kier alpha value is -2.40. The zero-order valence-corrected chi connectivity index (χ0v) is 14.2. The average molecular weight is 340 g/mol. The molecule has 0 aliphatic carbocycles. The van der Waals surface area contributed by atoms with Gasteiger partial charge in [0.1, 0.15) is 0 Å². The Kier molecular flexibility index (Phi) is 5.43. The lowest BCUT2D eigenvalue weighted by Gasteiger charge is -2.14. The van der Waals surface area contributed by atoms with Crippen LogP contribution in [0.2, 0.25) is 0 Å². The van der Waals surface area contributed by atoms with E-state index in [0.717, 1.165) is 30.8 Å². The first-order valence-electron chi connectivity index (χ1n) is 8.11. The van der Waals surface area contributed by atoms with Gasteiger partial charge in [0, 0.05) is 28.9 Å². The van der Waals surface area contributed by atoms with Crippen molar-refractivity contribution in [3.05, 3.63) is 53.4 Å². The van der Waals surface area contributed by atoms with Crippen molar-refractivity contribution >= 4 is 29.2 Å². The molecule has 2 aromatic rings. The van der Waals surface area contributed by atoms with Crippen molar-refractivity contribution in [1.29, 1.82) is 0 Å². The molecule has 0 atom stereocenters. The van der Waals surface area contributed by atoms with Gasteiger partial charge in [-0.25, -0.2) is 0 Å². The second-order valence-electron chi connectivity index (χ2n) is 5.71. The largest absolute Gasteiger partial charge is 0.343 e. The standard InChI is InChI=1S/C19H20N2O2S/c22-18(20-14-19(23)21-12-4-5-13-21)11-9-16-8-10-17(24-16)15-6-2-1-3-7-15/h1-3,6-11H,4-5,12-14H2,(H,20,22)/b11-9+. The van der Waals surface area contributed by atoms with E-state index >= 15 is 0 Å². The normalized spacial score (nSPS) is 14.2. The first kappa shape index (κ1) is 16.5. The van der Waals surface area contributed by atoms with Crippen molar-refractivity contribution < 1.29 is 9.59 Å². The molecule has 1 fully saturated rings. The van der Waals surface area contributed by atoms with E-state index < -0.39 is 0 Å². The molecule has 0 unspecified atom stereocenters. The van der Waals surface area contributed by atoms with E-state index in [4.69, 9.17) is 0 Å². The number of carbonyl (C=O) groups is 2. The summed E-state index contributed by atoms with van der Waals surface area (Å²) in [6, 6.07) is 14.2. The summed E-state index contributed by atoms with van der Waals surface area (Å²) in [5, 5.41) is 2.66. The third-order valence-electron chi connectivity index (χ3n) is 3.96. The molecular weight excluding hydrogens is 320 g/mol. The molecular formula is C19H20N2O2S. The van der Waals surface area contributed by atoms with Gasteiger partial charge in [0.15, 0.2) is 0 Å². The van der Waals surface area contributed by atoms with Gasteiger partial charge < -0.3 is 10.2 Å². The van der Waals surface area contributed by atoms with Crippen LogP contribution in [0.5, 0.6) is 0 Å². The Bertz CT molecular complexity index is 731. The lowest BCUT2D eigenvalue weighted by atomic mass is 10.2. The fourth-order valence-electron chi connectivity index (χ4n) is 2.66. The van der Waals surface area contributed by atoms with Crippen LogP contribution in [0, 0.1) is 0 Å².